The molecule has 0 radical (unpaired) electrons. The number of ether oxygens (including phenoxy) is 1. The fourth-order valence-corrected chi connectivity index (χ4v) is 3.27. The van der Waals surface area contributed by atoms with Crippen LogP contribution < -0.4 is 10.1 Å². The Hall–Kier alpha value is -2.49. The number of carbonyl (C=O) groups excluding carboxylic acids is 1. The average molecular weight is 310 g/mol. The Morgan fingerprint density at radius 3 is 2.57 bits per heavy atom. The lowest BCUT2D eigenvalue weighted by Crippen LogP contribution is -2.56. The highest BCUT2D eigenvalue weighted by Gasteiger charge is 2.43. The minimum Gasteiger partial charge on any atom is -0.496 e. The van der Waals surface area contributed by atoms with E-state index in [1.807, 2.05) is 60.4 Å². The molecule has 0 aromatic heterocycles. The first-order chi connectivity index (χ1) is 11.1. The van der Waals surface area contributed by atoms with Crippen LogP contribution in [-0.2, 0) is 5.66 Å². The van der Waals surface area contributed by atoms with Crippen LogP contribution >= 0.6 is 0 Å². The molecule has 1 aliphatic heterocycles. The van der Waals surface area contributed by atoms with Crippen molar-refractivity contribution in [2.45, 2.75) is 25.9 Å². The molecule has 120 valence electrons. The van der Waals surface area contributed by atoms with Crippen molar-refractivity contribution in [1.82, 2.24) is 4.90 Å². The lowest BCUT2D eigenvalue weighted by molar-refractivity contribution is 0.0530. The largest absolute Gasteiger partial charge is 0.496 e. The second-order valence-electron chi connectivity index (χ2n) is 5.90. The molecule has 2 aromatic carbocycles. The van der Waals surface area contributed by atoms with E-state index in [0.717, 1.165) is 23.4 Å². The Morgan fingerprint density at radius 2 is 1.83 bits per heavy atom. The van der Waals surface area contributed by atoms with E-state index in [4.69, 9.17) is 4.74 Å². The highest BCUT2D eigenvalue weighted by atomic mass is 16.5. The molecular formula is C19H22N2O2. The summed E-state index contributed by atoms with van der Waals surface area (Å²) in [4.78, 5) is 14.9. The fraction of sp³-hybridized carbons (Fsp3) is 0.316. The number of nitrogens with one attached hydrogen (secondary N) is 1. The van der Waals surface area contributed by atoms with Crippen molar-refractivity contribution >= 4 is 11.6 Å². The zero-order valence-corrected chi connectivity index (χ0v) is 13.8. The van der Waals surface area contributed by atoms with Crippen molar-refractivity contribution in [2.75, 3.05) is 19.0 Å². The minimum absolute atomic E-state index is 0.0506. The van der Waals surface area contributed by atoms with Gasteiger partial charge in [-0.15, -0.1) is 0 Å². The molecule has 0 bridgehead atoms. The molecule has 3 rings (SSSR count). The van der Waals surface area contributed by atoms with E-state index in [1.54, 1.807) is 7.11 Å². The van der Waals surface area contributed by atoms with Crippen LogP contribution in [0.25, 0.3) is 0 Å². The monoisotopic (exact) mass is 310 g/mol. The number of para-hydroxylation sites is 2. The molecule has 0 saturated carbocycles. The lowest BCUT2D eigenvalue weighted by Gasteiger charge is -2.47. The van der Waals surface area contributed by atoms with Gasteiger partial charge in [-0.25, -0.2) is 0 Å². The van der Waals surface area contributed by atoms with Gasteiger partial charge >= 0.3 is 0 Å². The van der Waals surface area contributed by atoms with Crippen molar-refractivity contribution in [3.05, 3.63) is 59.7 Å². The predicted molar refractivity (Wildman–Crippen MR) is 91.7 cm³/mol. The zero-order valence-electron chi connectivity index (χ0n) is 13.8. The maximum atomic E-state index is 13.0. The molecule has 1 aliphatic rings. The summed E-state index contributed by atoms with van der Waals surface area (Å²) in [5, 5.41) is 3.55. The number of methoxy groups -OCH3 is 1. The van der Waals surface area contributed by atoms with Gasteiger partial charge in [0.2, 0.25) is 0 Å². The standard InChI is InChI=1S/C19H22N2O2/c1-4-13-21-18(22)14-9-5-7-11-16(14)20-19(21,2)15-10-6-8-12-17(15)23-3/h5-12,20H,4,13H2,1-3H3. The van der Waals surface area contributed by atoms with Gasteiger partial charge in [0.1, 0.15) is 11.4 Å². The first-order valence-electron chi connectivity index (χ1n) is 7.94. The molecule has 4 nitrogen and oxygen atoms in total. The summed E-state index contributed by atoms with van der Waals surface area (Å²) >= 11 is 0. The number of amides is 1. The number of hydrogen-bond donors (Lipinski definition) is 1. The molecule has 1 N–H and O–H groups in total. The fourth-order valence-electron chi connectivity index (χ4n) is 3.27. The molecule has 2 aromatic rings. The Kier molecular flexibility index (Phi) is 3.99. The highest BCUT2D eigenvalue weighted by Crippen LogP contribution is 2.41. The van der Waals surface area contributed by atoms with Crippen LogP contribution in [0.1, 0.15) is 36.2 Å². The molecule has 4 heteroatoms. The van der Waals surface area contributed by atoms with Crippen LogP contribution in [0, 0.1) is 0 Å². The topological polar surface area (TPSA) is 41.6 Å². The van der Waals surface area contributed by atoms with E-state index in [-0.39, 0.29) is 5.91 Å². The smallest absolute Gasteiger partial charge is 0.258 e. The maximum absolute atomic E-state index is 13.0. The van der Waals surface area contributed by atoms with Gasteiger partial charge in [0.05, 0.1) is 12.7 Å². The first-order valence-corrected chi connectivity index (χ1v) is 7.94. The van der Waals surface area contributed by atoms with Crippen molar-refractivity contribution in [3.8, 4) is 5.75 Å². The average Bonchev–Trinajstić information content (AvgIpc) is 2.58. The summed E-state index contributed by atoms with van der Waals surface area (Å²) in [6.45, 7) is 4.79. The molecule has 0 aliphatic carbocycles. The van der Waals surface area contributed by atoms with Gasteiger partial charge in [-0.1, -0.05) is 37.3 Å². The number of benzene rings is 2. The van der Waals surface area contributed by atoms with E-state index < -0.39 is 5.66 Å². The zero-order chi connectivity index (χ0) is 16.4. The predicted octanol–water partition coefficient (Wildman–Crippen LogP) is 3.85. The van der Waals surface area contributed by atoms with Gasteiger partial charge in [-0.2, -0.15) is 0 Å². The van der Waals surface area contributed by atoms with Crippen molar-refractivity contribution in [2.24, 2.45) is 0 Å². The van der Waals surface area contributed by atoms with Crippen LogP contribution in [0.3, 0.4) is 0 Å². The Labute approximate surface area is 137 Å². The second-order valence-corrected chi connectivity index (χ2v) is 5.90. The minimum atomic E-state index is -0.645. The molecule has 0 spiro atoms. The third-order valence-corrected chi connectivity index (χ3v) is 4.40. The van der Waals surface area contributed by atoms with Crippen molar-refractivity contribution in [1.29, 1.82) is 0 Å². The summed E-state index contributed by atoms with van der Waals surface area (Å²) in [6.07, 6.45) is 0.889. The van der Waals surface area contributed by atoms with Gasteiger partial charge in [-0.3, -0.25) is 4.79 Å². The van der Waals surface area contributed by atoms with Crippen molar-refractivity contribution in [3.63, 3.8) is 0 Å². The van der Waals surface area contributed by atoms with E-state index in [9.17, 15) is 4.79 Å². The van der Waals surface area contributed by atoms with Gasteiger partial charge in [0, 0.05) is 17.8 Å². The van der Waals surface area contributed by atoms with Gasteiger partial charge < -0.3 is 15.0 Å². The molecule has 0 saturated heterocycles. The van der Waals surface area contributed by atoms with Gasteiger partial charge in [-0.05, 0) is 31.5 Å². The Balaban J connectivity index is 2.17. The normalized spacial score (nSPS) is 20.0. The number of anilines is 1. The van der Waals surface area contributed by atoms with Crippen LogP contribution in [0.15, 0.2) is 48.5 Å². The summed E-state index contributed by atoms with van der Waals surface area (Å²) in [5.74, 6) is 0.824. The summed E-state index contributed by atoms with van der Waals surface area (Å²) in [6, 6.07) is 15.5. The highest BCUT2D eigenvalue weighted by molar-refractivity contribution is 6.02. The van der Waals surface area contributed by atoms with Gasteiger partial charge in [0.25, 0.3) is 5.91 Å². The summed E-state index contributed by atoms with van der Waals surface area (Å²) in [7, 11) is 1.66. The van der Waals surface area contributed by atoms with E-state index >= 15 is 0 Å². The molecule has 1 amide bonds. The maximum Gasteiger partial charge on any atom is 0.258 e. The number of rotatable bonds is 4. The SMILES string of the molecule is CCCN1C(=O)c2ccccc2NC1(C)c1ccccc1OC. The quantitative estimate of drug-likeness (QED) is 0.932. The summed E-state index contributed by atoms with van der Waals surface area (Å²) < 4.78 is 5.54. The first kappa shape index (κ1) is 15.4. The van der Waals surface area contributed by atoms with Crippen molar-refractivity contribution < 1.29 is 9.53 Å². The molecular weight excluding hydrogens is 288 g/mol. The molecule has 1 unspecified atom stereocenters. The summed E-state index contributed by atoms with van der Waals surface area (Å²) in [5.41, 5.74) is 1.89. The molecule has 1 heterocycles. The van der Waals surface area contributed by atoms with E-state index in [2.05, 4.69) is 12.2 Å². The number of fused-ring (bicyclic) bond motifs is 1. The molecule has 1 atom stereocenters. The Morgan fingerprint density at radius 1 is 1.13 bits per heavy atom. The number of carbonyl (C=O) groups is 1. The second kappa shape index (κ2) is 5.95. The lowest BCUT2D eigenvalue weighted by atomic mass is 9.92. The van der Waals surface area contributed by atoms with Crippen LogP contribution in [0.5, 0.6) is 5.75 Å². The molecule has 0 fully saturated rings. The van der Waals surface area contributed by atoms with Crippen LogP contribution in [0.4, 0.5) is 5.69 Å². The number of hydrogen-bond acceptors (Lipinski definition) is 3. The Bertz CT molecular complexity index is 729. The molecule has 23 heavy (non-hydrogen) atoms. The van der Waals surface area contributed by atoms with E-state index in [1.165, 1.54) is 0 Å². The van der Waals surface area contributed by atoms with Crippen LogP contribution in [-0.4, -0.2) is 24.5 Å². The van der Waals surface area contributed by atoms with Crippen LogP contribution in [0.2, 0.25) is 0 Å². The number of nitrogens with zero attached hydrogens (tertiary/aromatic N) is 1. The third kappa shape index (κ3) is 2.44. The van der Waals surface area contributed by atoms with Gasteiger partial charge in [0.15, 0.2) is 0 Å². The third-order valence-electron chi connectivity index (χ3n) is 4.40. The van der Waals surface area contributed by atoms with E-state index in [0.29, 0.717) is 12.1 Å².